The minimum absolute atomic E-state index is 0. The molecule has 166 valence electrons. The highest BCUT2D eigenvalue weighted by molar-refractivity contribution is 7.17. The van der Waals surface area contributed by atoms with Gasteiger partial charge in [-0.2, -0.15) is 0 Å². The zero-order valence-corrected chi connectivity index (χ0v) is 19.1. The fourth-order valence-electron chi connectivity index (χ4n) is 4.27. The number of carbonyl (C=O) groups excluding carboxylic acids is 3. The maximum Gasteiger partial charge on any atom is 0.251 e. The van der Waals surface area contributed by atoms with Gasteiger partial charge in [-0.25, -0.2) is 0 Å². The number of rotatable bonds is 6. The number of hydrogen-bond donors (Lipinski definition) is 2. The van der Waals surface area contributed by atoms with Gasteiger partial charge in [0.05, 0.1) is 11.5 Å². The van der Waals surface area contributed by atoms with E-state index in [1.54, 1.807) is 4.90 Å². The summed E-state index contributed by atoms with van der Waals surface area (Å²) in [6.07, 6.45) is 1.98. The number of thiophene rings is 1. The lowest BCUT2D eigenvalue weighted by Gasteiger charge is -2.26. The predicted molar refractivity (Wildman–Crippen MR) is 125 cm³/mol. The van der Waals surface area contributed by atoms with Crippen molar-refractivity contribution in [2.75, 3.05) is 29.9 Å². The number of nitrogens with one attached hydrogen (secondary N) is 1. The minimum Gasteiger partial charge on any atom is -0.365 e. The summed E-state index contributed by atoms with van der Waals surface area (Å²) in [4.78, 5) is 42.6. The Morgan fingerprint density at radius 2 is 2.00 bits per heavy atom. The predicted octanol–water partition coefficient (Wildman–Crippen LogP) is 3.03. The summed E-state index contributed by atoms with van der Waals surface area (Å²) in [5, 5.41) is 3.43. The molecule has 0 radical (unpaired) electrons. The Morgan fingerprint density at radius 1 is 1.26 bits per heavy atom. The van der Waals surface area contributed by atoms with Crippen LogP contribution in [0.5, 0.6) is 0 Å². The Hall–Kier alpha value is -2.42. The Bertz CT molecular complexity index is 979. The molecular formula is C22H27ClN4O3S. The highest BCUT2D eigenvalue weighted by Crippen LogP contribution is 2.37. The van der Waals surface area contributed by atoms with E-state index in [0.29, 0.717) is 17.1 Å². The van der Waals surface area contributed by atoms with Gasteiger partial charge >= 0.3 is 0 Å². The van der Waals surface area contributed by atoms with E-state index in [1.807, 2.05) is 30.3 Å². The van der Waals surface area contributed by atoms with Crippen molar-refractivity contribution in [1.82, 2.24) is 4.90 Å². The lowest BCUT2D eigenvalue weighted by atomic mass is 10.0. The number of halogens is 1. The molecule has 1 unspecified atom stereocenters. The summed E-state index contributed by atoms with van der Waals surface area (Å²) in [6.45, 7) is 5.13. The van der Waals surface area contributed by atoms with Crippen LogP contribution in [0.15, 0.2) is 30.3 Å². The van der Waals surface area contributed by atoms with E-state index in [2.05, 4.69) is 17.1 Å². The molecule has 3 amide bonds. The Kier molecular flexibility index (Phi) is 7.35. The third-order valence-electron chi connectivity index (χ3n) is 5.72. The van der Waals surface area contributed by atoms with Crippen LogP contribution in [0.1, 0.15) is 40.6 Å². The summed E-state index contributed by atoms with van der Waals surface area (Å²) in [5.41, 5.74) is 7.85. The van der Waals surface area contributed by atoms with Crippen molar-refractivity contribution < 1.29 is 14.4 Å². The number of primary amides is 1. The fourth-order valence-corrected chi connectivity index (χ4v) is 5.57. The molecule has 0 aliphatic carbocycles. The first-order valence-electron chi connectivity index (χ1n) is 10.3. The lowest BCUT2D eigenvalue weighted by Crippen LogP contribution is -2.31. The molecule has 3 heterocycles. The molecule has 2 aromatic rings. The van der Waals surface area contributed by atoms with Gasteiger partial charge in [-0.05, 0) is 37.1 Å². The molecular weight excluding hydrogens is 436 g/mol. The number of hydrogen-bond acceptors (Lipinski definition) is 5. The van der Waals surface area contributed by atoms with Crippen LogP contribution in [-0.4, -0.2) is 42.3 Å². The first-order valence-corrected chi connectivity index (χ1v) is 11.1. The summed E-state index contributed by atoms with van der Waals surface area (Å²) >= 11 is 1.43. The molecule has 1 aromatic carbocycles. The van der Waals surface area contributed by atoms with Crippen LogP contribution in [0.25, 0.3) is 0 Å². The number of anilines is 2. The fraction of sp³-hybridized carbons (Fsp3) is 0.409. The van der Waals surface area contributed by atoms with Gasteiger partial charge in [0.25, 0.3) is 5.91 Å². The molecule has 1 fully saturated rings. The zero-order valence-electron chi connectivity index (χ0n) is 17.4. The third kappa shape index (κ3) is 4.76. The molecule has 1 saturated heterocycles. The number of para-hydroxylation sites is 1. The van der Waals surface area contributed by atoms with Crippen LogP contribution in [0, 0.1) is 5.92 Å². The van der Waals surface area contributed by atoms with E-state index in [9.17, 15) is 14.4 Å². The van der Waals surface area contributed by atoms with Crippen molar-refractivity contribution >= 4 is 52.2 Å². The standard InChI is InChI=1S/C22H26N4O3S.ClH/c1-2-9-25-10-8-16-17(13-25)30-22(19(16)20(23)28)24-21(29)14-11-18(27)26(12-14)15-6-4-3-5-7-15;/h3-7,14H,2,8-13H2,1H3,(H2,23,28)(H,24,29);1H. The number of amides is 3. The van der Waals surface area contributed by atoms with E-state index < -0.39 is 11.8 Å². The third-order valence-corrected chi connectivity index (χ3v) is 6.85. The van der Waals surface area contributed by atoms with E-state index in [-0.39, 0.29) is 30.6 Å². The number of nitrogens with two attached hydrogens (primary N) is 1. The lowest BCUT2D eigenvalue weighted by molar-refractivity contribution is -0.122. The van der Waals surface area contributed by atoms with Crippen LogP contribution in [-0.2, 0) is 22.6 Å². The average Bonchev–Trinajstić information content (AvgIpc) is 3.28. The van der Waals surface area contributed by atoms with E-state index >= 15 is 0 Å². The summed E-state index contributed by atoms with van der Waals surface area (Å²) in [5.74, 6) is -1.29. The van der Waals surface area contributed by atoms with Crippen molar-refractivity contribution in [3.63, 3.8) is 0 Å². The molecule has 9 heteroatoms. The topological polar surface area (TPSA) is 95.7 Å². The van der Waals surface area contributed by atoms with Gasteiger partial charge in [0, 0.05) is 36.6 Å². The van der Waals surface area contributed by atoms with Crippen molar-refractivity contribution in [2.45, 2.75) is 32.7 Å². The second kappa shape index (κ2) is 9.80. The Labute approximate surface area is 192 Å². The Balaban J connectivity index is 0.00000272. The summed E-state index contributed by atoms with van der Waals surface area (Å²) in [6, 6.07) is 9.34. The number of fused-ring (bicyclic) bond motifs is 1. The van der Waals surface area contributed by atoms with Gasteiger partial charge in [-0.1, -0.05) is 25.1 Å². The van der Waals surface area contributed by atoms with Crippen molar-refractivity contribution in [3.8, 4) is 0 Å². The summed E-state index contributed by atoms with van der Waals surface area (Å²) < 4.78 is 0. The number of benzene rings is 1. The van der Waals surface area contributed by atoms with Gasteiger partial charge < -0.3 is 16.0 Å². The first kappa shape index (κ1) is 23.2. The molecule has 3 N–H and O–H groups in total. The van der Waals surface area contributed by atoms with Crippen LogP contribution < -0.4 is 16.0 Å². The van der Waals surface area contributed by atoms with Gasteiger partial charge in [0.1, 0.15) is 5.00 Å². The molecule has 1 atom stereocenters. The molecule has 4 rings (SSSR count). The summed E-state index contributed by atoms with van der Waals surface area (Å²) in [7, 11) is 0. The van der Waals surface area contributed by atoms with Gasteiger partial charge in [0.2, 0.25) is 11.8 Å². The van der Waals surface area contributed by atoms with Gasteiger partial charge in [-0.3, -0.25) is 19.3 Å². The highest BCUT2D eigenvalue weighted by atomic mass is 35.5. The minimum atomic E-state index is -0.514. The average molecular weight is 463 g/mol. The highest BCUT2D eigenvalue weighted by Gasteiger charge is 2.36. The molecule has 7 nitrogen and oxygen atoms in total. The number of nitrogens with zero attached hydrogens (tertiary/aromatic N) is 2. The van der Waals surface area contributed by atoms with Crippen LogP contribution in [0.4, 0.5) is 10.7 Å². The SMILES string of the molecule is CCCN1CCc2c(sc(NC(=O)C3CC(=O)N(c4ccccc4)C3)c2C(N)=O)C1.Cl. The quantitative estimate of drug-likeness (QED) is 0.689. The molecule has 2 aliphatic heterocycles. The van der Waals surface area contributed by atoms with E-state index in [4.69, 9.17) is 5.73 Å². The normalized spacial score (nSPS) is 18.4. The maximum absolute atomic E-state index is 12.9. The molecule has 31 heavy (non-hydrogen) atoms. The largest absolute Gasteiger partial charge is 0.365 e. The van der Waals surface area contributed by atoms with Crippen LogP contribution in [0.3, 0.4) is 0 Å². The number of carbonyl (C=O) groups is 3. The van der Waals surface area contributed by atoms with Gasteiger partial charge in [0.15, 0.2) is 0 Å². The van der Waals surface area contributed by atoms with Gasteiger partial charge in [-0.15, -0.1) is 23.7 Å². The second-order valence-electron chi connectivity index (χ2n) is 7.83. The van der Waals surface area contributed by atoms with Crippen LogP contribution in [0.2, 0.25) is 0 Å². The second-order valence-corrected chi connectivity index (χ2v) is 8.93. The van der Waals surface area contributed by atoms with Crippen molar-refractivity contribution in [2.24, 2.45) is 11.7 Å². The molecule has 0 spiro atoms. The monoisotopic (exact) mass is 462 g/mol. The maximum atomic E-state index is 12.9. The zero-order chi connectivity index (χ0) is 21.3. The van der Waals surface area contributed by atoms with Crippen molar-refractivity contribution in [1.29, 1.82) is 0 Å². The van der Waals surface area contributed by atoms with Crippen LogP contribution >= 0.6 is 23.7 Å². The molecule has 0 saturated carbocycles. The van der Waals surface area contributed by atoms with E-state index in [0.717, 1.165) is 48.6 Å². The van der Waals surface area contributed by atoms with Crippen molar-refractivity contribution in [3.05, 3.63) is 46.3 Å². The molecule has 0 bridgehead atoms. The molecule has 2 aliphatic rings. The van der Waals surface area contributed by atoms with E-state index in [1.165, 1.54) is 11.3 Å². The Morgan fingerprint density at radius 3 is 2.68 bits per heavy atom. The smallest absolute Gasteiger partial charge is 0.251 e. The molecule has 1 aromatic heterocycles. The first-order chi connectivity index (χ1) is 14.5.